The molecule has 0 amide bonds. The molecule has 19 heavy (non-hydrogen) atoms. The van der Waals surface area contributed by atoms with Gasteiger partial charge in [-0.15, -0.1) is 0 Å². The van der Waals surface area contributed by atoms with Crippen LogP contribution in [0.15, 0.2) is 23.1 Å². The molecule has 0 aromatic heterocycles. The van der Waals surface area contributed by atoms with Gasteiger partial charge in [0.25, 0.3) is 0 Å². The highest BCUT2D eigenvalue weighted by Gasteiger charge is 2.40. The van der Waals surface area contributed by atoms with E-state index in [-0.39, 0.29) is 11.5 Å². The van der Waals surface area contributed by atoms with E-state index in [1.54, 1.807) is 25.1 Å². The molecule has 1 fully saturated rings. The first kappa shape index (κ1) is 14.8. The van der Waals surface area contributed by atoms with Crippen LogP contribution >= 0.6 is 11.6 Å². The lowest BCUT2D eigenvalue weighted by molar-refractivity contribution is 0.156. The molecule has 4 nitrogen and oxygen atoms in total. The molecule has 1 aromatic carbocycles. The number of nitrogens with one attached hydrogen (secondary N) is 1. The van der Waals surface area contributed by atoms with Crippen LogP contribution in [0.2, 0.25) is 5.02 Å². The highest BCUT2D eigenvalue weighted by atomic mass is 35.5. The standard InChI is InChI=1S/C13H18ClNO3S/c1-10-11(14)4-2-5-12(10)19(17,18)15-13(8-9-16)6-3-7-13/h2,4-5,15-16H,3,6-9H2,1H3. The lowest BCUT2D eigenvalue weighted by Crippen LogP contribution is -2.53. The van der Waals surface area contributed by atoms with Gasteiger partial charge in [0.2, 0.25) is 10.0 Å². The number of sulfonamides is 1. The third-order valence-electron chi connectivity index (χ3n) is 3.76. The summed E-state index contributed by atoms with van der Waals surface area (Å²) < 4.78 is 27.6. The summed E-state index contributed by atoms with van der Waals surface area (Å²) in [6, 6.07) is 4.85. The first-order chi connectivity index (χ1) is 8.90. The number of benzene rings is 1. The third-order valence-corrected chi connectivity index (χ3v) is 5.89. The fraction of sp³-hybridized carbons (Fsp3) is 0.538. The fourth-order valence-electron chi connectivity index (χ4n) is 2.44. The zero-order valence-electron chi connectivity index (χ0n) is 10.8. The monoisotopic (exact) mass is 303 g/mol. The second-order valence-electron chi connectivity index (χ2n) is 5.08. The number of hydrogen-bond acceptors (Lipinski definition) is 3. The van der Waals surface area contributed by atoms with E-state index in [9.17, 15) is 8.42 Å². The number of rotatable bonds is 5. The molecule has 1 saturated carbocycles. The zero-order chi connectivity index (χ0) is 14.1. The van der Waals surface area contributed by atoms with Crippen LogP contribution in [0.25, 0.3) is 0 Å². The Kier molecular flexibility index (Phi) is 4.20. The van der Waals surface area contributed by atoms with Gasteiger partial charge in [0.05, 0.1) is 4.90 Å². The van der Waals surface area contributed by atoms with Gasteiger partial charge in [0.15, 0.2) is 0 Å². The summed E-state index contributed by atoms with van der Waals surface area (Å²) in [5.74, 6) is 0. The van der Waals surface area contributed by atoms with Crippen LogP contribution in [-0.2, 0) is 10.0 Å². The smallest absolute Gasteiger partial charge is 0.241 e. The maximum Gasteiger partial charge on any atom is 0.241 e. The topological polar surface area (TPSA) is 66.4 Å². The molecule has 2 N–H and O–H groups in total. The molecule has 0 aliphatic heterocycles. The van der Waals surface area contributed by atoms with E-state index in [0.717, 1.165) is 19.3 Å². The average molecular weight is 304 g/mol. The summed E-state index contributed by atoms with van der Waals surface area (Å²) in [7, 11) is -3.60. The van der Waals surface area contributed by atoms with Crippen molar-refractivity contribution in [1.82, 2.24) is 4.72 Å². The molecular formula is C13H18ClNO3S. The third kappa shape index (κ3) is 2.94. The summed E-state index contributed by atoms with van der Waals surface area (Å²) in [4.78, 5) is 0.212. The minimum atomic E-state index is -3.60. The van der Waals surface area contributed by atoms with Crippen LogP contribution < -0.4 is 4.72 Å². The fourth-order valence-corrected chi connectivity index (χ4v) is 4.43. The quantitative estimate of drug-likeness (QED) is 0.876. The van der Waals surface area contributed by atoms with Crippen LogP contribution in [-0.4, -0.2) is 25.7 Å². The lowest BCUT2D eigenvalue weighted by atomic mass is 9.75. The predicted octanol–water partition coefficient (Wildman–Crippen LogP) is 2.23. The Hall–Kier alpha value is -0.620. The van der Waals surface area contributed by atoms with Crippen molar-refractivity contribution in [3.63, 3.8) is 0 Å². The lowest BCUT2D eigenvalue weighted by Gasteiger charge is -2.42. The van der Waals surface area contributed by atoms with Gasteiger partial charge in [0, 0.05) is 17.2 Å². The molecule has 1 aliphatic carbocycles. The first-order valence-electron chi connectivity index (χ1n) is 6.30. The molecule has 0 unspecified atom stereocenters. The minimum absolute atomic E-state index is 0.0168. The molecule has 0 saturated heterocycles. The number of halogens is 1. The van der Waals surface area contributed by atoms with Crippen LogP contribution in [0.4, 0.5) is 0 Å². The Morgan fingerprint density at radius 2 is 2.11 bits per heavy atom. The Morgan fingerprint density at radius 3 is 2.63 bits per heavy atom. The van der Waals surface area contributed by atoms with Crippen molar-refractivity contribution in [3.8, 4) is 0 Å². The first-order valence-corrected chi connectivity index (χ1v) is 8.16. The number of aliphatic hydroxyl groups is 1. The molecular weight excluding hydrogens is 286 g/mol. The predicted molar refractivity (Wildman–Crippen MR) is 74.8 cm³/mol. The molecule has 106 valence electrons. The van der Waals surface area contributed by atoms with Crippen LogP contribution in [0, 0.1) is 6.92 Å². The van der Waals surface area contributed by atoms with Gasteiger partial charge in [-0.2, -0.15) is 0 Å². The van der Waals surface area contributed by atoms with Crippen molar-refractivity contribution in [2.24, 2.45) is 0 Å². The summed E-state index contributed by atoms with van der Waals surface area (Å²) in [5.41, 5.74) is 0.0673. The maximum atomic E-state index is 12.4. The van der Waals surface area contributed by atoms with Gasteiger partial charge < -0.3 is 5.11 Å². The van der Waals surface area contributed by atoms with Gasteiger partial charge >= 0.3 is 0 Å². The molecule has 0 atom stereocenters. The van der Waals surface area contributed by atoms with Gasteiger partial charge in [-0.05, 0) is 50.3 Å². The van der Waals surface area contributed by atoms with E-state index >= 15 is 0 Å². The molecule has 6 heteroatoms. The normalized spacial score (nSPS) is 18.1. The Labute approximate surface area is 118 Å². The van der Waals surface area contributed by atoms with E-state index < -0.39 is 15.6 Å². The van der Waals surface area contributed by atoms with Crippen LogP contribution in [0.5, 0.6) is 0 Å². The van der Waals surface area contributed by atoms with Crippen molar-refractivity contribution in [3.05, 3.63) is 28.8 Å². The van der Waals surface area contributed by atoms with Crippen LogP contribution in [0.3, 0.4) is 0 Å². The van der Waals surface area contributed by atoms with Gasteiger partial charge in [-0.3, -0.25) is 0 Å². The molecule has 1 aliphatic rings. The van der Waals surface area contributed by atoms with Crippen molar-refractivity contribution < 1.29 is 13.5 Å². The van der Waals surface area contributed by atoms with E-state index in [1.165, 1.54) is 0 Å². The average Bonchev–Trinajstić information content (AvgIpc) is 2.29. The maximum absolute atomic E-state index is 12.4. The van der Waals surface area contributed by atoms with E-state index in [0.29, 0.717) is 17.0 Å². The second kappa shape index (κ2) is 5.40. The van der Waals surface area contributed by atoms with Crippen molar-refractivity contribution in [2.75, 3.05) is 6.61 Å². The zero-order valence-corrected chi connectivity index (χ0v) is 12.4. The van der Waals surface area contributed by atoms with E-state index in [4.69, 9.17) is 16.7 Å². The second-order valence-corrected chi connectivity index (χ2v) is 7.13. The molecule has 2 rings (SSSR count). The van der Waals surface area contributed by atoms with Gasteiger partial charge in [-0.1, -0.05) is 17.7 Å². The highest BCUT2D eigenvalue weighted by Crippen LogP contribution is 2.36. The summed E-state index contributed by atoms with van der Waals surface area (Å²) in [6.45, 7) is 1.67. The number of hydrogen-bond donors (Lipinski definition) is 2. The SMILES string of the molecule is Cc1c(Cl)cccc1S(=O)(=O)NC1(CCO)CCC1. The summed E-state index contributed by atoms with van der Waals surface area (Å²) in [5, 5.41) is 9.51. The summed E-state index contributed by atoms with van der Waals surface area (Å²) in [6.07, 6.45) is 2.97. The molecule has 0 spiro atoms. The Morgan fingerprint density at radius 1 is 1.42 bits per heavy atom. The van der Waals surface area contributed by atoms with Gasteiger partial charge in [-0.25, -0.2) is 13.1 Å². The molecule has 0 heterocycles. The van der Waals surface area contributed by atoms with E-state index in [2.05, 4.69) is 4.72 Å². The van der Waals surface area contributed by atoms with Crippen molar-refractivity contribution in [2.45, 2.75) is 43.0 Å². The Balaban J connectivity index is 2.30. The van der Waals surface area contributed by atoms with E-state index in [1.807, 2.05) is 0 Å². The molecule has 0 radical (unpaired) electrons. The Bertz CT molecular complexity index is 567. The summed E-state index contributed by atoms with van der Waals surface area (Å²) >= 11 is 5.97. The van der Waals surface area contributed by atoms with Crippen molar-refractivity contribution in [1.29, 1.82) is 0 Å². The van der Waals surface area contributed by atoms with Crippen molar-refractivity contribution >= 4 is 21.6 Å². The minimum Gasteiger partial charge on any atom is -0.396 e. The molecule has 0 bridgehead atoms. The molecule has 1 aromatic rings. The van der Waals surface area contributed by atoms with Crippen LogP contribution in [0.1, 0.15) is 31.2 Å². The van der Waals surface area contributed by atoms with Gasteiger partial charge in [0.1, 0.15) is 0 Å². The number of aliphatic hydroxyl groups excluding tert-OH is 1. The highest BCUT2D eigenvalue weighted by molar-refractivity contribution is 7.89. The largest absolute Gasteiger partial charge is 0.396 e.